The summed E-state index contributed by atoms with van der Waals surface area (Å²) in [7, 11) is 0. The van der Waals surface area contributed by atoms with Gasteiger partial charge in [-0.15, -0.1) is 0 Å². The van der Waals surface area contributed by atoms with E-state index >= 15 is 0 Å². The van der Waals surface area contributed by atoms with Gasteiger partial charge in [0, 0.05) is 9.79 Å². The van der Waals surface area contributed by atoms with Gasteiger partial charge in [-0.2, -0.15) is 0 Å². The second kappa shape index (κ2) is 7.17. The quantitative estimate of drug-likeness (QED) is 0.537. The summed E-state index contributed by atoms with van der Waals surface area (Å²) in [4.78, 5) is 2.36. The van der Waals surface area contributed by atoms with Gasteiger partial charge in [-0.05, 0) is 73.2 Å². The fourth-order valence-corrected chi connectivity index (χ4v) is 4.35. The van der Waals surface area contributed by atoms with E-state index in [1.54, 1.807) is 11.8 Å². The predicted molar refractivity (Wildman–Crippen MR) is 106 cm³/mol. The number of aryl methyl sites for hydroxylation is 2. The lowest BCUT2D eigenvalue weighted by molar-refractivity contribution is 1.21. The lowest BCUT2D eigenvalue weighted by atomic mass is 10.1. The zero-order valence-corrected chi connectivity index (χ0v) is 16.2. The highest BCUT2D eigenvalue weighted by atomic mass is 35.5. The summed E-state index contributed by atoms with van der Waals surface area (Å²) in [5.41, 5.74) is 6.41. The molecule has 0 bridgehead atoms. The molecule has 3 heteroatoms. The Kier molecular flexibility index (Phi) is 5.67. The molecular weight excluding hydrogens is 343 g/mol. The molecule has 2 aromatic rings. The molecule has 2 aromatic carbocycles. The van der Waals surface area contributed by atoms with Crippen LogP contribution in [-0.2, 0) is 0 Å². The van der Waals surface area contributed by atoms with E-state index in [-0.39, 0.29) is 0 Å². The van der Waals surface area contributed by atoms with E-state index in [0.717, 1.165) is 43.4 Å². The Morgan fingerprint density at radius 2 is 1.13 bits per heavy atom. The summed E-state index contributed by atoms with van der Waals surface area (Å²) in [5, 5.41) is 1.55. The first-order valence-electron chi connectivity index (χ1n) is 7.33. The van der Waals surface area contributed by atoms with Crippen LogP contribution < -0.4 is 0 Å². The topological polar surface area (TPSA) is 0 Å². The number of hydrogen-bond acceptors (Lipinski definition) is 1. The van der Waals surface area contributed by atoms with Gasteiger partial charge >= 0.3 is 0 Å². The highest BCUT2D eigenvalue weighted by Gasteiger charge is 2.15. The molecule has 0 saturated carbocycles. The van der Waals surface area contributed by atoms with Gasteiger partial charge in [0.25, 0.3) is 0 Å². The van der Waals surface area contributed by atoms with Crippen molar-refractivity contribution in [3.63, 3.8) is 0 Å². The molecule has 23 heavy (non-hydrogen) atoms. The summed E-state index contributed by atoms with van der Waals surface area (Å²) in [6, 6.07) is 4.26. The van der Waals surface area contributed by atoms with Crippen LogP contribution in [0.15, 0.2) is 35.1 Å². The second-order valence-electron chi connectivity index (χ2n) is 5.60. The summed E-state index contributed by atoms with van der Waals surface area (Å²) in [6.45, 7) is 16.0. The molecule has 2 rings (SSSR count). The molecule has 0 aromatic heterocycles. The Morgan fingerprint density at radius 3 is 1.43 bits per heavy atom. The molecule has 0 nitrogen and oxygen atoms in total. The Labute approximate surface area is 153 Å². The molecule has 120 valence electrons. The van der Waals surface area contributed by atoms with Crippen LogP contribution in [-0.4, -0.2) is 0 Å². The Hall–Kier alpha value is -1.15. The Balaban J connectivity index is 2.61. The zero-order chi connectivity index (χ0) is 17.3. The van der Waals surface area contributed by atoms with Crippen molar-refractivity contribution in [1.82, 2.24) is 0 Å². The molecule has 0 atom stereocenters. The lowest BCUT2D eigenvalue weighted by Crippen LogP contribution is -1.94. The molecule has 0 fully saturated rings. The first-order valence-corrected chi connectivity index (χ1v) is 8.91. The molecule has 0 unspecified atom stereocenters. The van der Waals surface area contributed by atoms with Gasteiger partial charge in [-0.1, -0.05) is 60.3 Å². The van der Waals surface area contributed by atoms with Gasteiger partial charge < -0.3 is 0 Å². The van der Waals surface area contributed by atoms with Crippen molar-refractivity contribution in [1.29, 1.82) is 0 Å². The normalized spacial score (nSPS) is 10.7. The third-order valence-electron chi connectivity index (χ3n) is 4.04. The van der Waals surface area contributed by atoms with Crippen molar-refractivity contribution in [3.8, 4) is 0 Å². The smallest absolute Gasteiger partial charge is 0.0510 e. The van der Waals surface area contributed by atoms with Crippen LogP contribution in [0.2, 0.25) is 10.0 Å². The van der Waals surface area contributed by atoms with E-state index in [4.69, 9.17) is 23.2 Å². The molecule has 0 spiro atoms. The van der Waals surface area contributed by atoms with Crippen LogP contribution in [0.4, 0.5) is 0 Å². The van der Waals surface area contributed by atoms with Crippen LogP contribution in [0, 0.1) is 27.7 Å². The molecule has 0 saturated heterocycles. The zero-order valence-electron chi connectivity index (χ0n) is 13.9. The number of halogens is 2. The minimum Gasteiger partial charge on any atom is -0.0984 e. The van der Waals surface area contributed by atoms with Crippen LogP contribution in [0.5, 0.6) is 0 Å². The summed E-state index contributed by atoms with van der Waals surface area (Å²) in [5.74, 6) is 0. The molecule has 0 amide bonds. The summed E-state index contributed by atoms with van der Waals surface area (Å²) >= 11 is 14.5. The van der Waals surface area contributed by atoms with E-state index in [1.165, 1.54) is 9.79 Å². The Morgan fingerprint density at radius 1 is 0.783 bits per heavy atom. The molecule has 0 heterocycles. The van der Waals surface area contributed by atoms with Gasteiger partial charge in [0.05, 0.1) is 10.0 Å². The number of hydrogen-bond donors (Lipinski definition) is 0. The van der Waals surface area contributed by atoms with Crippen molar-refractivity contribution in [2.75, 3.05) is 0 Å². The minimum atomic E-state index is 0.776. The van der Waals surface area contributed by atoms with Crippen LogP contribution >= 0.6 is 35.0 Å². The predicted octanol–water partition coefficient (Wildman–Crippen LogP) is 7.66. The van der Waals surface area contributed by atoms with Crippen LogP contribution in [0.25, 0.3) is 12.2 Å². The van der Waals surface area contributed by atoms with Crippen LogP contribution in [0.3, 0.4) is 0 Å². The third kappa shape index (κ3) is 3.38. The SMILES string of the molecule is C=Cc1c(C)c(Sc2cc(C)c(Cl)c(C=C)c2C)cc(C)c1Cl. The van der Waals surface area contributed by atoms with Gasteiger partial charge in [0.15, 0.2) is 0 Å². The van der Waals surface area contributed by atoms with Crippen molar-refractivity contribution >= 4 is 47.1 Å². The molecule has 0 aliphatic heterocycles. The highest BCUT2D eigenvalue weighted by molar-refractivity contribution is 7.99. The maximum absolute atomic E-state index is 6.39. The van der Waals surface area contributed by atoms with Gasteiger partial charge in [0.2, 0.25) is 0 Å². The van der Waals surface area contributed by atoms with Crippen LogP contribution in [0.1, 0.15) is 33.4 Å². The standard InChI is InChI=1S/C20H20Cl2S/c1-7-15-13(5)17(9-11(3)19(15)21)23-18-10-12(4)20(22)16(8-2)14(18)6/h7-10H,1-2H2,3-6H3. The second-order valence-corrected chi connectivity index (χ2v) is 7.44. The molecule has 0 radical (unpaired) electrons. The van der Waals surface area contributed by atoms with E-state index in [1.807, 2.05) is 26.0 Å². The van der Waals surface area contributed by atoms with Crippen molar-refractivity contribution in [2.24, 2.45) is 0 Å². The summed E-state index contributed by atoms with van der Waals surface area (Å²) in [6.07, 6.45) is 3.65. The van der Waals surface area contributed by atoms with E-state index in [0.29, 0.717) is 0 Å². The fourth-order valence-electron chi connectivity index (χ4n) is 2.57. The molecule has 0 aliphatic rings. The third-order valence-corrected chi connectivity index (χ3v) is 6.33. The van der Waals surface area contributed by atoms with Crippen molar-refractivity contribution in [2.45, 2.75) is 37.5 Å². The van der Waals surface area contributed by atoms with Crippen molar-refractivity contribution in [3.05, 3.63) is 68.7 Å². The number of benzene rings is 2. The van der Waals surface area contributed by atoms with Gasteiger partial charge in [0.1, 0.15) is 0 Å². The maximum atomic E-state index is 6.39. The maximum Gasteiger partial charge on any atom is 0.0510 e. The van der Waals surface area contributed by atoms with E-state index in [9.17, 15) is 0 Å². The molecule has 0 N–H and O–H groups in total. The van der Waals surface area contributed by atoms with Gasteiger partial charge in [-0.25, -0.2) is 0 Å². The minimum absolute atomic E-state index is 0.776. The molecular formula is C20H20Cl2S. The average Bonchev–Trinajstić information content (AvgIpc) is 2.51. The monoisotopic (exact) mass is 362 g/mol. The molecule has 0 aliphatic carbocycles. The highest BCUT2D eigenvalue weighted by Crippen LogP contribution is 2.40. The lowest BCUT2D eigenvalue weighted by Gasteiger charge is -2.16. The van der Waals surface area contributed by atoms with E-state index in [2.05, 4.69) is 39.1 Å². The number of rotatable bonds is 4. The first kappa shape index (κ1) is 18.2. The van der Waals surface area contributed by atoms with Gasteiger partial charge in [-0.3, -0.25) is 0 Å². The van der Waals surface area contributed by atoms with E-state index < -0.39 is 0 Å². The Bertz CT molecular complexity index is 737. The average molecular weight is 363 g/mol. The summed E-state index contributed by atoms with van der Waals surface area (Å²) < 4.78 is 0. The fraction of sp³-hybridized carbons (Fsp3) is 0.200. The van der Waals surface area contributed by atoms with Crippen molar-refractivity contribution < 1.29 is 0 Å². The largest absolute Gasteiger partial charge is 0.0984 e. The first-order chi connectivity index (χ1) is 10.8.